The first-order valence-electron chi connectivity index (χ1n) is 9.65. The minimum absolute atomic E-state index is 0.0566. The molecule has 0 spiro atoms. The number of nitrogens with one attached hydrogen (secondary N) is 1. The van der Waals surface area contributed by atoms with Crippen LogP contribution in [0.4, 0.5) is 5.69 Å². The van der Waals surface area contributed by atoms with E-state index in [4.69, 9.17) is 16.3 Å². The zero-order chi connectivity index (χ0) is 22.4. The van der Waals surface area contributed by atoms with E-state index in [-0.39, 0.29) is 21.3 Å². The number of hydrogen-bond donors (Lipinski definition) is 1. The summed E-state index contributed by atoms with van der Waals surface area (Å²) in [4.78, 5) is 16.7. The second kappa shape index (κ2) is 9.91. The van der Waals surface area contributed by atoms with Crippen LogP contribution < -0.4 is 10.1 Å². The Morgan fingerprint density at radius 3 is 2.39 bits per heavy atom. The van der Waals surface area contributed by atoms with Crippen LogP contribution in [0.15, 0.2) is 71.8 Å². The fourth-order valence-electron chi connectivity index (χ4n) is 2.89. The Morgan fingerprint density at radius 1 is 1.06 bits per heavy atom. The Hall–Kier alpha value is -2.94. The minimum atomic E-state index is -3.72. The standard InChI is InChI=1S/C22H22ClN3O4S/c1-3-26(4-2)31(28,29)18-11-12-20(30-17-8-6-5-7-9-17)19(14-18)25-22(27)16-10-13-21(23)24-15-16/h5-15H,3-4H2,1-2H3,(H,25,27). The van der Waals surface area contributed by atoms with Gasteiger partial charge in [-0.15, -0.1) is 0 Å². The zero-order valence-corrected chi connectivity index (χ0v) is 18.7. The van der Waals surface area contributed by atoms with Crippen LogP contribution in [0.2, 0.25) is 5.15 Å². The number of halogens is 1. The van der Waals surface area contributed by atoms with Crippen molar-refractivity contribution in [1.29, 1.82) is 0 Å². The van der Waals surface area contributed by atoms with Crippen molar-refractivity contribution in [2.75, 3.05) is 18.4 Å². The lowest BCUT2D eigenvalue weighted by Gasteiger charge is -2.20. The van der Waals surface area contributed by atoms with Crippen LogP contribution in [0.5, 0.6) is 11.5 Å². The Kier molecular flexibility index (Phi) is 7.27. The van der Waals surface area contributed by atoms with E-state index in [0.717, 1.165) is 0 Å². The van der Waals surface area contributed by atoms with Crippen LogP contribution in [0, 0.1) is 0 Å². The van der Waals surface area contributed by atoms with Crippen molar-refractivity contribution in [3.63, 3.8) is 0 Å². The van der Waals surface area contributed by atoms with Crippen LogP contribution in [0.3, 0.4) is 0 Å². The molecule has 0 atom stereocenters. The molecule has 162 valence electrons. The molecule has 3 aromatic rings. The molecule has 0 bridgehead atoms. The van der Waals surface area contributed by atoms with Gasteiger partial charge in [-0.05, 0) is 42.5 Å². The molecule has 3 rings (SSSR count). The summed E-state index contributed by atoms with van der Waals surface area (Å²) >= 11 is 5.79. The minimum Gasteiger partial charge on any atom is -0.455 e. The molecule has 0 aliphatic carbocycles. The summed E-state index contributed by atoms with van der Waals surface area (Å²) in [5, 5.41) is 2.99. The number of amides is 1. The van der Waals surface area contributed by atoms with Crippen molar-refractivity contribution in [2.24, 2.45) is 0 Å². The van der Waals surface area contributed by atoms with Crippen LogP contribution in [-0.4, -0.2) is 36.7 Å². The number of ether oxygens (including phenoxy) is 1. The molecular weight excluding hydrogens is 438 g/mol. The number of para-hydroxylation sites is 1. The Morgan fingerprint density at radius 2 is 1.77 bits per heavy atom. The first kappa shape index (κ1) is 22.7. The number of hydrogen-bond acceptors (Lipinski definition) is 5. The summed E-state index contributed by atoms with van der Waals surface area (Å²) in [7, 11) is -3.72. The third-order valence-corrected chi connectivity index (χ3v) is 6.77. The molecule has 0 aliphatic rings. The topological polar surface area (TPSA) is 88.6 Å². The van der Waals surface area contributed by atoms with Gasteiger partial charge in [0.2, 0.25) is 10.0 Å². The van der Waals surface area contributed by atoms with Gasteiger partial charge in [-0.2, -0.15) is 4.31 Å². The third kappa shape index (κ3) is 5.41. The number of carbonyl (C=O) groups excluding carboxylic acids is 1. The summed E-state index contributed by atoms with van der Waals surface area (Å²) in [5.41, 5.74) is 0.490. The zero-order valence-electron chi connectivity index (χ0n) is 17.1. The average molecular weight is 460 g/mol. The largest absolute Gasteiger partial charge is 0.455 e. The van der Waals surface area contributed by atoms with Crippen molar-refractivity contribution in [1.82, 2.24) is 9.29 Å². The number of rotatable bonds is 8. The van der Waals surface area contributed by atoms with E-state index < -0.39 is 15.9 Å². The fraction of sp³-hybridized carbons (Fsp3) is 0.182. The number of sulfonamides is 1. The SMILES string of the molecule is CCN(CC)S(=O)(=O)c1ccc(Oc2ccccc2)c(NC(=O)c2ccc(Cl)nc2)c1. The van der Waals surface area contributed by atoms with E-state index >= 15 is 0 Å². The van der Waals surface area contributed by atoms with Gasteiger partial charge in [0.05, 0.1) is 16.1 Å². The van der Waals surface area contributed by atoms with Gasteiger partial charge in [-0.3, -0.25) is 4.79 Å². The second-order valence-electron chi connectivity index (χ2n) is 6.49. The van der Waals surface area contributed by atoms with Crippen molar-refractivity contribution < 1.29 is 17.9 Å². The molecule has 2 aromatic carbocycles. The summed E-state index contributed by atoms with van der Waals surface area (Å²) < 4.78 is 33.1. The van der Waals surface area contributed by atoms with Gasteiger partial charge in [0, 0.05) is 19.3 Å². The molecule has 0 radical (unpaired) electrons. The highest BCUT2D eigenvalue weighted by Gasteiger charge is 2.23. The van der Waals surface area contributed by atoms with E-state index in [2.05, 4.69) is 10.3 Å². The second-order valence-corrected chi connectivity index (χ2v) is 8.81. The van der Waals surface area contributed by atoms with Crippen LogP contribution in [-0.2, 0) is 10.0 Å². The number of aromatic nitrogens is 1. The Labute approximate surface area is 186 Å². The summed E-state index contributed by atoms with van der Waals surface area (Å²) in [6.07, 6.45) is 1.34. The van der Waals surface area contributed by atoms with E-state index in [0.29, 0.717) is 24.6 Å². The molecule has 1 N–H and O–H groups in total. The lowest BCUT2D eigenvalue weighted by molar-refractivity contribution is 0.102. The summed E-state index contributed by atoms with van der Waals surface area (Å²) in [6, 6.07) is 16.4. The normalized spacial score (nSPS) is 11.4. The van der Waals surface area contributed by atoms with Crippen molar-refractivity contribution in [2.45, 2.75) is 18.7 Å². The number of nitrogens with zero attached hydrogens (tertiary/aromatic N) is 2. The van der Waals surface area contributed by atoms with E-state index in [1.165, 1.54) is 40.8 Å². The van der Waals surface area contributed by atoms with E-state index in [1.807, 2.05) is 18.2 Å². The highest BCUT2D eigenvalue weighted by molar-refractivity contribution is 7.89. The maximum atomic E-state index is 13.0. The predicted octanol–water partition coefficient (Wildman–Crippen LogP) is 4.81. The molecule has 0 fully saturated rings. The van der Waals surface area contributed by atoms with Gasteiger partial charge in [0.25, 0.3) is 5.91 Å². The first-order chi connectivity index (χ1) is 14.8. The number of benzene rings is 2. The molecule has 0 aliphatic heterocycles. The fourth-order valence-corrected chi connectivity index (χ4v) is 4.49. The van der Waals surface area contributed by atoms with Crippen LogP contribution >= 0.6 is 11.6 Å². The Balaban J connectivity index is 2.01. The first-order valence-corrected chi connectivity index (χ1v) is 11.5. The molecule has 1 amide bonds. The lowest BCUT2D eigenvalue weighted by atomic mass is 10.2. The molecule has 0 saturated heterocycles. The van der Waals surface area contributed by atoms with Gasteiger partial charge in [0.1, 0.15) is 10.9 Å². The van der Waals surface area contributed by atoms with Gasteiger partial charge < -0.3 is 10.1 Å². The van der Waals surface area contributed by atoms with Gasteiger partial charge in [-0.1, -0.05) is 43.6 Å². The van der Waals surface area contributed by atoms with Crippen molar-refractivity contribution in [3.8, 4) is 11.5 Å². The maximum Gasteiger partial charge on any atom is 0.257 e. The van der Waals surface area contributed by atoms with Crippen LogP contribution in [0.25, 0.3) is 0 Å². The highest BCUT2D eigenvalue weighted by atomic mass is 35.5. The van der Waals surface area contributed by atoms with Gasteiger partial charge in [-0.25, -0.2) is 13.4 Å². The van der Waals surface area contributed by atoms with Crippen LogP contribution in [0.1, 0.15) is 24.2 Å². The molecule has 7 nitrogen and oxygen atoms in total. The monoisotopic (exact) mass is 459 g/mol. The summed E-state index contributed by atoms with van der Waals surface area (Å²) in [6.45, 7) is 4.20. The molecular formula is C22H22ClN3O4S. The Bertz CT molecular complexity index is 1150. The maximum absolute atomic E-state index is 13.0. The molecule has 1 heterocycles. The molecule has 0 unspecified atom stereocenters. The summed E-state index contributed by atoms with van der Waals surface area (Å²) in [5.74, 6) is 0.380. The number of anilines is 1. The molecule has 0 saturated carbocycles. The number of pyridine rings is 1. The highest BCUT2D eigenvalue weighted by Crippen LogP contribution is 2.33. The predicted molar refractivity (Wildman–Crippen MR) is 120 cm³/mol. The quantitative estimate of drug-likeness (QED) is 0.488. The molecule has 31 heavy (non-hydrogen) atoms. The van der Waals surface area contributed by atoms with E-state index in [1.54, 1.807) is 26.0 Å². The average Bonchev–Trinajstić information content (AvgIpc) is 2.76. The van der Waals surface area contributed by atoms with Gasteiger partial charge >= 0.3 is 0 Å². The lowest BCUT2D eigenvalue weighted by Crippen LogP contribution is -2.30. The van der Waals surface area contributed by atoms with E-state index in [9.17, 15) is 13.2 Å². The third-order valence-electron chi connectivity index (χ3n) is 4.50. The van der Waals surface area contributed by atoms with Crippen molar-refractivity contribution >= 4 is 33.2 Å². The van der Waals surface area contributed by atoms with Gasteiger partial charge in [0.15, 0.2) is 5.75 Å². The molecule has 9 heteroatoms. The van der Waals surface area contributed by atoms with Crippen molar-refractivity contribution in [3.05, 3.63) is 77.6 Å². The number of carbonyl (C=O) groups is 1. The molecule has 1 aromatic heterocycles. The smallest absolute Gasteiger partial charge is 0.257 e.